The van der Waals surface area contributed by atoms with Crippen LogP contribution in [0, 0.1) is 0 Å². The Morgan fingerprint density at radius 1 is 1.47 bits per heavy atom. The number of H-pyrrole nitrogens is 1. The summed E-state index contributed by atoms with van der Waals surface area (Å²) in [5, 5.41) is 0. The first-order valence-electron chi connectivity index (χ1n) is 5.36. The van der Waals surface area contributed by atoms with Gasteiger partial charge in [0.15, 0.2) is 0 Å². The number of hydrogen-bond donors (Lipinski definition) is 1. The first-order valence-corrected chi connectivity index (χ1v) is 5.36. The second kappa shape index (κ2) is 4.87. The quantitative estimate of drug-likeness (QED) is 0.813. The monoisotopic (exact) mass is 205 g/mol. The highest BCUT2D eigenvalue weighted by atomic mass is 16.1. The summed E-state index contributed by atoms with van der Waals surface area (Å²) in [5.41, 5.74) is 2.17. The summed E-state index contributed by atoms with van der Waals surface area (Å²) in [5.74, 6) is 0.335. The highest BCUT2D eigenvalue weighted by Crippen LogP contribution is 2.11. The van der Waals surface area contributed by atoms with E-state index in [9.17, 15) is 4.79 Å². The number of nitrogens with zero attached hydrogens (tertiary/aromatic N) is 2. The zero-order valence-electron chi connectivity index (χ0n) is 8.70. The van der Waals surface area contributed by atoms with Gasteiger partial charge in [-0.05, 0) is 12.8 Å². The molecule has 2 rings (SSSR count). The van der Waals surface area contributed by atoms with Crippen LogP contribution in [0.15, 0.2) is 17.5 Å². The van der Waals surface area contributed by atoms with Crippen LogP contribution in [-0.2, 0) is 11.2 Å². The number of carbonyl (C=O) groups excluding carboxylic acids is 1. The van der Waals surface area contributed by atoms with Gasteiger partial charge in [0.05, 0.1) is 6.33 Å². The molecular weight excluding hydrogens is 190 g/mol. The topological polar surface area (TPSA) is 58.1 Å². The SMILES string of the molecule is O=C1CCCC(=NCCc2cnc[nH]2)C1. The summed E-state index contributed by atoms with van der Waals surface area (Å²) < 4.78 is 0. The largest absolute Gasteiger partial charge is 0.348 e. The highest BCUT2D eigenvalue weighted by Gasteiger charge is 2.13. The van der Waals surface area contributed by atoms with Crippen molar-refractivity contribution in [1.29, 1.82) is 0 Å². The summed E-state index contributed by atoms with van der Waals surface area (Å²) >= 11 is 0. The molecule has 0 atom stereocenters. The van der Waals surface area contributed by atoms with E-state index in [-0.39, 0.29) is 0 Å². The molecule has 0 bridgehead atoms. The van der Waals surface area contributed by atoms with Crippen LogP contribution in [0.1, 0.15) is 31.4 Å². The lowest BCUT2D eigenvalue weighted by Crippen LogP contribution is -2.15. The minimum atomic E-state index is 0.335. The number of imidazole rings is 1. The van der Waals surface area contributed by atoms with Crippen molar-refractivity contribution in [2.75, 3.05) is 6.54 Å². The zero-order valence-corrected chi connectivity index (χ0v) is 8.70. The number of rotatable bonds is 3. The third-order valence-corrected chi connectivity index (χ3v) is 2.59. The molecule has 4 nitrogen and oxygen atoms in total. The molecule has 1 N–H and O–H groups in total. The predicted molar refractivity (Wildman–Crippen MR) is 58.1 cm³/mol. The van der Waals surface area contributed by atoms with E-state index < -0.39 is 0 Å². The van der Waals surface area contributed by atoms with Crippen LogP contribution in [0.3, 0.4) is 0 Å². The van der Waals surface area contributed by atoms with Gasteiger partial charge in [-0.1, -0.05) is 0 Å². The Kier molecular flexibility index (Phi) is 3.27. The second-order valence-corrected chi connectivity index (χ2v) is 3.84. The number of hydrogen-bond acceptors (Lipinski definition) is 3. The number of aromatic nitrogens is 2. The summed E-state index contributed by atoms with van der Waals surface area (Å²) in [7, 11) is 0. The molecule has 0 spiro atoms. The normalized spacial score (nSPS) is 19.7. The Morgan fingerprint density at radius 3 is 3.13 bits per heavy atom. The molecule has 1 heterocycles. The fourth-order valence-electron chi connectivity index (χ4n) is 1.78. The van der Waals surface area contributed by atoms with Gasteiger partial charge in [-0.15, -0.1) is 0 Å². The molecule has 1 aromatic rings. The van der Waals surface area contributed by atoms with Crippen molar-refractivity contribution in [2.24, 2.45) is 4.99 Å². The van der Waals surface area contributed by atoms with Crippen molar-refractivity contribution in [3.05, 3.63) is 18.2 Å². The minimum absolute atomic E-state index is 0.335. The Balaban J connectivity index is 1.80. The second-order valence-electron chi connectivity index (χ2n) is 3.84. The van der Waals surface area contributed by atoms with E-state index in [0.717, 1.165) is 43.6 Å². The van der Waals surface area contributed by atoms with Gasteiger partial charge in [0.1, 0.15) is 5.78 Å². The van der Waals surface area contributed by atoms with Crippen LogP contribution in [0.5, 0.6) is 0 Å². The van der Waals surface area contributed by atoms with Crippen LogP contribution in [-0.4, -0.2) is 28.0 Å². The lowest BCUT2D eigenvalue weighted by molar-refractivity contribution is -0.118. The lowest BCUT2D eigenvalue weighted by Gasteiger charge is -2.11. The smallest absolute Gasteiger partial charge is 0.138 e. The molecule has 1 aromatic heterocycles. The van der Waals surface area contributed by atoms with Gasteiger partial charge in [0, 0.05) is 43.4 Å². The number of aromatic amines is 1. The molecule has 0 aromatic carbocycles. The summed E-state index contributed by atoms with van der Waals surface area (Å²) in [6.45, 7) is 0.755. The van der Waals surface area contributed by atoms with Crippen molar-refractivity contribution in [3.8, 4) is 0 Å². The molecule has 1 aliphatic rings. The number of aliphatic imine (C=N–C) groups is 1. The van der Waals surface area contributed by atoms with Crippen LogP contribution < -0.4 is 0 Å². The Hall–Kier alpha value is -1.45. The van der Waals surface area contributed by atoms with Crippen molar-refractivity contribution in [3.63, 3.8) is 0 Å². The maximum Gasteiger partial charge on any atom is 0.138 e. The predicted octanol–water partition coefficient (Wildman–Crippen LogP) is 1.54. The van der Waals surface area contributed by atoms with Crippen molar-refractivity contribution in [1.82, 2.24) is 9.97 Å². The number of ketones is 1. The molecule has 0 saturated heterocycles. The Morgan fingerprint density at radius 2 is 2.40 bits per heavy atom. The molecule has 4 heteroatoms. The highest BCUT2D eigenvalue weighted by molar-refractivity contribution is 6.03. The van der Waals surface area contributed by atoms with Gasteiger partial charge in [-0.3, -0.25) is 9.79 Å². The summed E-state index contributed by atoms with van der Waals surface area (Å²) in [6.07, 6.45) is 7.63. The maximum absolute atomic E-state index is 11.2. The van der Waals surface area contributed by atoms with Crippen molar-refractivity contribution >= 4 is 11.5 Å². The molecule has 15 heavy (non-hydrogen) atoms. The Labute approximate surface area is 88.8 Å². The van der Waals surface area contributed by atoms with E-state index >= 15 is 0 Å². The molecular formula is C11H15N3O. The number of carbonyl (C=O) groups is 1. The molecule has 1 aliphatic carbocycles. The van der Waals surface area contributed by atoms with Crippen LogP contribution in [0.4, 0.5) is 0 Å². The number of nitrogens with one attached hydrogen (secondary N) is 1. The van der Waals surface area contributed by atoms with E-state index in [4.69, 9.17) is 0 Å². The van der Waals surface area contributed by atoms with E-state index in [1.165, 1.54) is 0 Å². The average Bonchev–Trinajstić information content (AvgIpc) is 2.71. The van der Waals surface area contributed by atoms with Gasteiger partial charge in [-0.2, -0.15) is 0 Å². The molecule has 0 aliphatic heterocycles. The van der Waals surface area contributed by atoms with Crippen LogP contribution in [0.2, 0.25) is 0 Å². The van der Waals surface area contributed by atoms with E-state index in [2.05, 4.69) is 15.0 Å². The van der Waals surface area contributed by atoms with Crippen molar-refractivity contribution in [2.45, 2.75) is 32.1 Å². The summed E-state index contributed by atoms with van der Waals surface area (Å²) in [6, 6.07) is 0. The first kappa shape index (κ1) is 10.1. The van der Waals surface area contributed by atoms with Gasteiger partial charge < -0.3 is 4.98 Å². The van der Waals surface area contributed by atoms with Crippen LogP contribution >= 0.6 is 0 Å². The van der Waals surface area contributed by atoms with Gasteiger partial charge in [0.2, 0.25) is 0 Å². The third kappa shape index (κ3) is 3.01. The first-order chi connectivity index (χ1) is 7.34. The van der Waals surface area contributed by atoms with E-state index in [1.807, 2.05) is 6.20 Å². The average molecular weight is 205 g/mol. The molecule has 1 fully saturated rings. The molecule has 80 valence electrons. The fraction of sp³-hybridized carbons (Fsp3) is 0.545. The van der Waals surface area contributed by atoms with Crippen molar-refractivity contribution < 1.29 is 4.79 Å². The fourth-order valence-corrected chi connectivity index (χ4v) is 1.78. The van der Waals surface area contributed by atoms with Gasteiger partial charge in [-0.25, -0.2) is 4.98 Å². The van der Waals surface area contributed by atoms with E-state index in [0.29, 0.717) is 12.2 Å². The summed E-state index contributed by atoms with van der Waals surface area (Å²) in [4.78, 5) is 22.6. The van der Waals surface area contributed by atoms with Crippen LogP contribution in [0.25, 0.3) is 0 Å². The third-order valence-electron chi connectivity index (χ3n) is 2.59. The van der Waals surface area contributed by atoms with Gasteiger partial charge in [0.25, 0.3) is 0 Å². The van der Waals surface area contributed by atoms with E-state index in [1.54, 1.807) is 6.33 Å². The molecule has 0 unspecified atom stereocenters. The zero-order chi connectivity index (χ0) is 10.5. The molecule has 0 amide bonds. The van der Waals surface area contributed by atoms with Gasteiger partial charge >= 0.3 is 0 Å². The maximum atomic E-state index is 11.2. The molecule has 1 saturated carbocycles. The minimum Gasteiger partial charge on any atom is -0.348 e. The molecule has 0 radical (unpaired) electrons. The standard InChI is InChI=1S/C11H15N3O/c15-11-3-1-2-9(6-11)13-5-4-10-7-12-8-14-10/h7-8H,1-6H2,(H,12,14). The number of Topliss-reactive ketones (excluding diaryl/α,β-unsaturated/α-hetero) is 1. The lowest BCUT2D eigenvalue weighted by atomic mass is 9.97. The Bertz CT molecular complexity index is 354.